The molecular formula is C30H37N3O2S. The predicted octanol–water partition coefficient (Wildman–Crippen LogP) is 6.28. The molecule has 2 saturated carbocycles. The monoisotopic (exact) mass is 503 g/mol. The van der Waals surface area contributed by atoms with Crippen molar-refractivity contribution < 1.29 is 9.59 Å². The van der Waals surface area contributed by atoms with E-state index in [0.29, 0.717) is 16.6 Å². The van der Waals surface area contributed by atoms with E-state index in [0.717, 1.165) is 40.3 Å². The molecule has 0 spiro atoms. The van der Waals surface area contributed by atoms with Crippen LogP contribution in [-0.2, 0) is 11.2 Å². The van der Waals surface area contributed by atoms with Crippen LogP contribution in [0.5, 0.6) is 0 Å². The highest BCUT2D eigenvalue weighted by atomic mass is 32.1. The second-order valence-electron chi connectivity index (χ2n) is 10.7. The number of anilines is 1. The number of nitrogens with two attached hydrogens (primary N) is 1. The molecule has 2 aliphatic rings. The average Bonchev–Trinajstić information content (AvgIpc) is 3.32. The molecule has 4 N–H and O–H groups in total. The maximum Gasteiger partial charge on any atom is 0.265 e. The molecule has 2 amide bonds. The van der Waals surface area contributed by atoms with E-state index >= 15 is 0 Å². The molecule has 6 heteroatoms. The van der Waals surface area contributed by atoms with E-state index in [1.165, 1.54) is 56.3 Å². The first-order chi connectivity index (χ1) is 17.5. The van der Waals surface area contributed by atoms with Crippen LogP contribution in [-0.4, -0.2) is 23.9 Å². The highest BCUT2D eigenvalue weighted by Gasteiger charge is 2.27. The number of thiophene rings is 1. The number of fused-ring (bicyclic) bond motifs is 1. The maximum atomic E-state index is 12.9. The molecule has 0 atom stereocenters. The zero-order chi connectivity index (χ0) is 24.9. The largest absolute Gasteiger partial charge is 0.353 e. The third-order valence-corrected chi connectivity index (χ3v) is 9.15. The third-order valence-electron chi connectivity index (χ3n) is 8.04. The second-order valence-corrected chi connectivity index (χ2v) is 11.8. The van der Waals surface area contributed by atoms with Crippen molar-refractivity contribution in [1.29, 1.82) is 0 Å². The smallest absolute Gasteiger partial charge is 0.265 e. The number of carbonyl (C=O) groups excluding carboxylic acids is 2. The first kappa shape index (κ1) is 25.0. The molecule has 2 aliphatic carbocycles. The van der Waals surface area contributed by atoms with E-state index in [1.54, 1.807) is 0 Å². The highest BCUT2D eigenvalue weighted by molar-refractivity contribution is 7.20. The molecule has 0 aliphatic heterocycles. The van der Waals surface area contributed by atoms with Crippen molar-refractivity contribution in [3.8, 4) is 0 Å². The van der Waals surface area contributed by atoms with E-state index < -0.39 is 0 Å². The number of para-hydroxylation sites is 1. The Labute approximate surface area is 217 Å². The molecule has 2 aromatic carbocycles. The Bertz CT molecular complexity index is 1160. The van der Waals surface area contributed by atoms with Gasteiger partial charge in [-0.15, -0.1) is 11.3 Å². The topological polar surface area (TPSA) is 84.2 Å². The van der Waals surface area contributed by atoms with Gasteiger partial charge in [-0.2, -0.15) is 0 Å². The van der Waals surface area contributed by atoms with Crippen LogP contribution in [0.1, 0.15) is 73.0 Å². The molecule has 2 fully saturated rings. The van der Waals surface area contributed by atoms with Crippen LogP contribution in [0.3, 0.4) is 0 Å². The van der Waals surface area contributed by atoms with Crippen molar-refractivity contribution >= 4 is 38.9 Å². The van der Waals surface area contributed by atoms with E-state index in [4.69, 9.17) is 5.73 Å². The summed E-state index contributed by atoms with van der Waals surface area (Å²) < 4.78 is 1.09. The first-order valence-corrected chi connectivity index (χ1v) is 14.3. The Morgan fingerprint density at radius 3 is 2.28 bits per heavy atom. The van der Waals surface area contributed by atoms with Crippen LogP contribution in [0, 0.1) is 11.8 Å². The molecule has 0 radical (unpaired) electrons. The van der Waals surface area contributed by atoms with Crippen molar-refractivity contribution in [2.24, 2.45) is 17.6 Å². The van der Waals surface area contributed by atoms with Gasteiger partial charge in [0.1, 0.15) is 0 Å². The van der Waals surface area contributed by atoms with Crippen molar-refractivity contribution in [3.05, 3.63) is 65.0 Å². The lowest BCUT2D eigenvalue weighted by Crippen LogP contribution is -2.39. The van der Waals surface area contributed by atoms with Gasteiger partial charge in [-0.3, -0.25) is 9.59 Å². The quantitative estimate of drug-likeness (QED) is 0.355. The van der Waals surface area contributed by atoms with Crippen LogP contribution < -0.4 is 16.4 Å². The summed E-state index contributed by atoms with van der Waals surface area (Å²) in [7, 11) is 0. The van der Waals surface area contributed by atoms with Gasteiger partial charge < -0.3 is 16.4 Å². The lowest BCUT2D eigenvalue weighted by Gasteiger charge is -2.33. The van der Waals surface area contributed by atoms with Crippen LogP contribution in [0.25, 0.3) is 10.1 Å². The lowest BCUT2D eigenvalue weighted by molar-refractivity contribution is -0.121. The van der Waals surface area contributed by atoms with Crippen LogP contribution in [0.4, 0.5) is 5.69 Å². The minimum absolute atomic E-state index is 0.0308. The molecule has 0 bridgehead atoms. The number of carbonyl (C=O) groups is 2. The summed E-state index contributed by atoms with van der Waals surface area (Å²) in [5.41, 5.74) is 7.60. The van der Waals surface area contributed by atoms with E-state index in [9.17, 15) is 9.59 Å². The number of amides is 2. The SMILES string of the molecule is NC1CCC(CC2CCC(NC(=O)Cc3ccccc3NC(=O)c3cc4ccccc4s3)CC2)CC1. The summed E-state index contributed by atoms with van der Waals surface area (Å²) in [4.78, 5) is 26.5. The van der Waals surface area contributed by atoms with Crippen LogP contribution in [0.2, 0.25) is 0 Å². The van der Waals surface area contributed by atoms with E-state index in [1.807, 2.05) is 54.6 Å². The van der Waals surface area contributed by atoms with Crippen LogP contribution in [0.15, 0.2) is 54.6 Å². The van der Waals surface area contributed by atoms with Gasteiger partial charge in [-0.05, 0) is 98.8 Å². The van der Waals surface area contributed by atoms with Crippen molar-refractivity contribution in [2.45, 2.75) is 76.3 Å². The normalized spacial score (nSPS) is 24.4. The summed E-state index contributed by atoms with van der Waals surface area (Å²) in [5.74, 6) is 1.54. The fourth-order valence-electron chi connectivity index (χ4n) is 5.96. The Hall–Kier alpha value is -2.70. The van der Waals surface area contributed by atoms with Gasteiger partial charge in [0.2, 0.25) is 5.91 Å². The van der Waals surface area contributed by atoms with Crippen molar-refractivity contribution in [1.82, 2.24) is 5.32 Å². The summed E-state index contributed by atoms with van der Waals surface area (Å²) >= 11 is 1.48. The minimum atomic E-state index is -0.137. The molecule has 36 heavy (non-hydrogen) atoms. The molecular weight excluding hydrogens is 466 g/mol. The number of rotatable bonds is 7. The number of benzene rings is 2. The predicted molar refractivity (Wildman–Crippen MR) is 148 cm³/mol. The van der Waals surface area contributed by atoms with Crippen molar-refractivity contribution in [2.75, 3.05) is 5.32 Å². The third kappa shape index (κ3) is 6.34. The molecule has 0 saturated heterocycles. The lowest BCUT2D eigenvalue weighted by atomic mass is 9.76. The summed E-state index contributed by atoms with van der Waals surface area (Å²) in [6.07, 6.45) is 11.1. The number of hydrogen-bond donors (Lipinski definition) is 3. The molecule has 3 aromatic rings. The maximum absolute atomic E-state index is 12.9. The van der Waals surface area contributed by atoms with E-state index in [2.05, 4.69) is 10.6 Å². The molecule has 5 nitrogen and oxygen atoms in total. The van der Waals surface area contributed by atoms with Gasteiger partial charge in [-0.25, -0.2) is 0 Å². The summed E-state index contributed by atoms with van der Waals surface area (Å²) in [6, 6.07) is 18.2. The van der Waals surface area contributed by atoms with Gasteiger partial charge in [-0.1, -0.05) is 36.4 Å². The number of hydrogen-bond acceptors (Lipinski definition) is 4. The average molecular weight is 504 g/mol. The summed E-state index contributed by atoms with van der Waals surface area (Å²) in [6.45, 7) is 0. The Morgan fingerprint density at radius 1 is 0.861 bits per heavy atom. The fourth-order valence-corrected chi connectivity index (χ4v) is 6.92. The molecule has 1 heterocycles. The Kier molecular flexibility index (Phi) is 8.02. The zero-order valence-electron chi connectivity index (χ0n) is 20.9. The van der Waals surface area contributed by atoms with Gasteiger partial charge in [0.25, 0.3) is 5.91 Å². The zero-order valence-corrected chi connectivity index (χ0v) is 21.7. The molecule has 0 unspecified atom stereocenters. The molecule has 5 rings (SSSR count). The van der Waals surface area contributed by atoms with Gasteiger partial charge in [0.05, 0.1) is 11.3 Å². The Morgan fingerprint density at radius 2 is 1.53 bits per heavy atom. The first-order valence-electron chi connectivity index (χ1n) is 13.5. The summed E-state index contributed by atoms with van der Waals surface area (Å²) in [5, 5.41) is 7.36. The molecule has 190 valence electrons. The fraction of sp³-hybridized carbons (Fsp3) is 0.467. The standard InChI is InChI=1S/C30H37N3O2S/c31-24-13-9-20(10-14-24)17-21-11-15-25(16-12-21)32-29(34)19-22-5-1-3-7-26(22)33-30(35)28-18-23-6-2-4-8-27(23)36-28/h1-8,18,20-21,24-25H,9-17,19,31H2,(H,32,34)(H,33,35). The number of nitrogens with one attached hydrogen (secondary N) is 2. The van der Waals surface area contributed by atoms with Gasteiger partial charge in [0, 0.05) is 22.5 Å². The highest BCUT2D eigenvalue weighted by Crippen LogP contribution is 2.35. The van der Waals surface area contributed by atoms with Gasteiger partial charge in [0.15, 0.2) is 0 Å². The second kappa shape index (κ2) is 11.6. The Balaban J connectivity index is 1.11. The molecule has 1 aromatic heterocycles. The van der Waals surface area contributed by atoms with E-state index in [-0.39, 0.29) is 24.3 Å². The van der Waals surface area contributed by atoms with Crippen molar-refractivity contribution in [3.63, 3.8) is 0 Å². The van der Waals surface area contributed by atoms with Gasteiger partial charge >= 0.3 is 0 Å². The van der Waals surface area contributed by atoms with Crippen LogP contribution >= 0.6 is 11.3 Å². The minimum Gasteiger partial charge on any atom is -0.353 e.